The van der Waals surface area contributed by atoms with Crippen molar-refractivity contribution in [2.24, 2.45) is 0 Å². The maximum atomic E-state index is 4.56. The van der Waals surface area contributed by atoms with Gasteiger partial charge in [-0.3, -0.25) is 5.10 Å². The van der Waals surface area contributed by atoms with Crippen LogP contribution in [0, 0.1) is 6.92 Å². The Morgan fingerprint density at radius 2 is 2.18 bits per heavy atom. The van der Waals surface area contributed by atoms with Crippen LogP contribution in [0.3, 0.4) is 0 Å². The van der Waals surface area contributed by atoms with Crippen LogP contribution in [-0.2, 0) is 6.42 Å². The summed E-state index contributed by atoms with van der Waals surface area (Å²) >= 11 is 0. The van der Waals surface area contributed by atoms with Gasteiger partial charge in [-0.2, -0.15) is 15.3 Å². The maximum Gasteiger partial charge on any atom is 0.183 e. The highest BCUT2D eigenvalue weighted by Gasteiger charge is 2.27. The van der Waals surface area contributed by atoms with E-state index in [4.69, 9.17) is 0 Å². The molecule has 0 aromatic carbocycles. The fraction of sp³-hybridized carbons (Fsp3) is 0.500. The zero-order valence-electron chi connectivity index (χ0n) is 10.1. The summed E-state index contributed by atoms with van der Waals surface area (Å²) in [7, 11) is 0. The number of aromatic amines is 1. The summed E-state index contributed by atoms with van der Waals surface area (Å²) in [6, 6.07) is 2.01. The van der Waals surface area contributed by atoms with Gasteiger partial charge in [0.2, 0.25) is 0 Å². The zero-order chi connectivity index (χ0) is 11.8. The van der Waals surface area contributed by atoms with Crippen LogP contribution < -0.4 is 0 Å². The lowest BCUT2D eigenvalue weighted by molar-refractivity contribution is 0.892. The standard InChI is InChI=1S/C12H15N5/c1-3-10-9(6-7(2)14-15-10)12-13-11(16-17-12)8-4-5-8/h6,8H,3-5H2,1-2H3,(H,13,16,17). The van der Waals surface area contributed by atoms with Gasteiger partial charge in [-0.05, 0) is 32.3 Å². The molecule has 0 aliphatic heterocycles. The van der Waals surface area contributed by atoms with Crippen LogP contribution in [0.5, 0.6) is 0 Å². The Labute approximate surface area is 99.7 Å². The third kappa shape index (κ3) is 1.92. The molecule has 0 atom stereocenters. The molecule has 1 aliphatic rings. The molecule has 0 spiro atoms. The fourth-order valence-electron chi connectivity index (χ4n) is 1.90. The van der Waals surface area contributed by atoms with Gasteiger partial charge >= 0.3 is 0 Å². The van der Waals surface area contributed by atoms with Gasteiger partial charge < -0.3 is 0 Å². The van der Waals surface area contributed by atoms with Gasteiger partial charge in [0.25, 0.3) is 0 Å². The van der Waals surface area contributed by atoms with Crippen molar-refractivity contribution in [1.82, 2.24) is 25.4 Å². The van der Waals surface area contributed by atoms with Crippen molar-refractivity contribution in [1.29, 1.82) is 0 Å². The topological polar surface area (TPSA) is 67.3 Å². The highest BCUT2D eigenvalue weighted by atomic mass is 15.2. The molecule has 0 saturated heterocycles. The lowest BCUT2D eigenvalue weighted by Crippen LogP contribution is -1.98. The Morgan fingerprint density at radius 3 is 2.88 bits per heavy atom. The summed E-state index contributed by atoms with van der Waals surface area (Å²) in [6.07, 6.45) is 3.29. The molecule has 1 fully saturated rings. The minimum absolute atomic E-state index is 0.595. The molecular formula is C12H15N5. The lowest BCUT2D eigenvalue weighted by atomic mass is 10.1. The van der Waals surface area contributed by atoms with E-state index in [0.29, 0.717) is 5.92 Å². The molecule has 5 nitrogen and oxygen atoms in total. The summed E-state index contributed by atoms with van der Waals surface area (Å²) in [4.78, 5) is 4.56. The van der Waals surface area contributed by atoms with Crippen LogP contribution in [0.1, 0.15) is 42.9 Å². The molecule has 2 aromatic heterocycles. The number of H-pyrrole nitrogens is 1. The van der Waals surface area contributed by atoms with Crippen LogP contribution in [0.15, 0.2) is 6.07 Å². The van der Waals surface area contributed by atoms with Crippen LogP contribution in [0.25, 0.3) is 11.4 Å². The second-order valence-electron chi connectivity index (χ2n) is 4.52. The summed E-state index contributed by atoms with van der Waals surface area (Å²) in [6.45, 7) is 4.00. The van der Waals surface area contributed by atoms with Crippen molar-refractivity contribution in [2.75, 3.05) is 0 Å². The van der Waals surface area contributed by atoms with E-state index < -0.39 is 0 Å². The van der Waals surface area contributed by atoms with Crippen LogP contribution in [0.4, 0.5) is 0 Å². The van der Waals surface area contributed by atoms with Crippen molar-refractivity contribution in [3.05, 3.63) is 23.3 Å². The number of hydrogen-bond acceptors (Lipinski definition) is 4. The number of nitrogens with zero attached hydrogens (tertiary/aromatic N) is 4. The number of aryl methyl sites for hydroxylation is 2. The smallest absolute Gasteiger partial charge is 0.183 e. The lowest BCUT2D eigenvalue weighted by Gasteiger charge is -2.02. The molecule has 1 aliphatic carbocycles. The zero-order valence-corrected chi connectivity index (χ0v) is 10.1. The highest BCUT2D eigenvalue weighted by Crippen LogP contribution is 2.38. The van der Waals surface area contributed by atoms with Crippen molar-refractivity contribution >= 4 is 0 Å². The predicted octanol–water partition coefficient (Wildman–Crippen LogP) is 2.01. The third-order valence-electron chi connectivity index (χ3n) is 3.04. The van der Waals surface area contributed by atoms with Crippen molar-refractivity contribution < 1.29 is 0 Å². The first kappa shape index (κ1) is 10.4. The van der Waals surface area contributed by atoms with Crippen molar-refractivity contribution in [3.8, 4) is 11.4 Å². The van der Waals surface area contributed by atoms with Gasteiger partial charge in [0.1, 0.15) is 5.82 Å². The molecule has 1 saturated carbocycles. The fourth-order valence-corrected chi connectivity index (χ4v) is 1.90. The van der Waals surface area contributed by atoms with Crippen LogP contribution >= 0.6 is 0 Å². The molecule has 88 valence electrons. The molecule has 5 heteroatoms. The van der Waals surface area contributed by atoms with E-state index in [1.54, 1.807) is 0 Å². The first-order valence-electron chi connectivity index (χ1n) is 6.03. The molecule has 17 heavy (non-hydrogen) atoms. The molecule has 0 bridgehead atoms. The van der Waals surface area contributed by atoms with E-state index in [-0.39, 0.29) is 0 Å². The molecule has 1 N–H and O–H groups in total. The van der Waals surface area contributed by atoms with Crippen LogP contribution in [0.2, 0.25) is 0 Å². The van der Waals surface area contributed by atoms with E-state index in [1.165, 1.54) is 12.8 Å². The van der Waals surface area contributed by atoms with Crippen molar-refractivity contribution in [3.63, 3.8) is 0 Å². The van der Waals surface area contributed by atoms with Gasteiger partial charge in [-0.1, -0.05) is 6.92 Å². The minimum atomic E-state index is 0.595. The Hall–Kier alpha value is -1.78. The van der Waals surface area contributed by atoms with Gasteiger partial charge in [0.15, 0.2) is 5.82 Å². The number of nitrogens with one attached hydrogen (secondary N) is 1. The third-order valence-corrected chi connectivity index (χ3v) is 3.04. The summed E-state index contributed by atoms with van der Waals surface area (Å²) in [5, 5.41) is 15.6. The minimum Gasteiger partial charge on any atom is -0.262 e. The average Bonchev–Trinajstić information content (AvgIpc) is 3.07. The van der Waals surface area contributed by atoms with Gasteiger partial charge in [0, 0.05) is 11.5 Å². The Morgan fingerprint density at radius 1 is 1.35 bits per heavy atom. The summed E-state index contributed by atoms with van der Waals surface area (Å²) in [5.74, 6) is 2.36. The summed E-state index contributed by atoms with van der Waals surface area (Å²) < 4.78 is 0. The highest BCUT2D eigenvalue weighted by molar-refractivity contribution is 5.58. The van der Waals surface area contributed by atoms with Crippen molar-refractivity contribution in [2.45, 2.75) is 39.0 Å². The SMILES string of the molecule is CCc1nnc(C)cc1-c1n[nH]c(C2CC2)n1. The second-order valence-corrected chi connectivity index (χ2v) is 4.52. The quantitative estimate of drug-likeness (QED) is 0.874. The number of hydrogen-bond donors (Lipinski definition) is 1. The number of aromatic nitrogens is 5. The second kappa shape index (κ2) is 3.91. The van der Waals surface area contributed by atoms with Gasteiger partial charge in [0.05, 0.1) is 11.4 Å². The maximum absolute atomic E-state index is 4.56. The predicted molar refractivity (Wildman–Crippen MR) is 63.5 cm³/mol. The molecule has 0 unspecified atom stereocenters. The Kier molecular flexibility index (Phi) is 2.39. The van der Waals surface area contributed by atoms with E-state index in [9.17, 15) is 0 Å². The molecule has 2 aromatic rings. The Bertz CT molecular complexity index is 542. The van der Waals surface area contributed by atoms with E-state index in [1.807, 2.05) is 13.0 Å². The Balaban J connectivity index is 2.03. The molecule has 0 radical (unpaired) electrons. The normalized spacial score (nSPS) is 15.2. The van der Waals surface area contributed by atoms with E-state index >= 15 is 0 Å². The van der Waals surface area contributed by atoms with E-state index in [2.05, 4.69) is 32.3 Å². The average molecular weight is 229 g/mol. The number of rotatable bonds is 3. The monoisotopic (exact) mass is 229 g/mol. The summed E-state index contributed by atoms with van der Waals surface area (Å²) in [5.41, 5.74) is 2.86. The molecule has 0 amide bonds. The molecule has 2 heterocycles. The largest absolute Gasteiger partial charge is 0.262 e. The molecular weight excluding hydrogens is 214 g/mol. The molecule has 3 rings (SSSR count). The van der Waals surface area contributed by atoms with E-state index in [0.717, 1.165) is 35.0 Å². The van der Waals surface area contributed by atoms with Gasteiger partial charge in [-0.15, -0.1) is 0 Å². The van der Waals surface area contributed by atoms with Gasteiger partial charge in [-0.25, -0.2) is 4.98 Å². The first-order chi connectivity index (χ1) is 8.28. The first-order valence-corrected chi connectivity index (χ1v) is 6.03. The van der Waals surface area contributed by atoms with Crippen LogP contribution in [-0.4, -0.2) is 25.4 Å².